The van der Waals surface area contributed by atoms with E-state index >= 15 is 0 Å². The number of nitrogens with zero attached hydrogens (tertiary/aromatic N) is 1. The minimum absolute atomic E-state index is 0.159. The van der Waals surface area contributed by atoms with Crippen LogP contribution in [0, 0.1) is 5.82 Å². The van der Waals surface area contributed by atoms with Crippen molar-refractivity contribution < 1.29 is 4.39 Å². The van der Waals surface area contributed by atoms with Crippen LogP contribution in [0.3, 0.4) is 0 Å². The van der Waals surface area contributed by atoms with Crippen molar-refractivity contribution in [1.29, 1.82) is 0 Å². The molecule has 14 heavy (non-hydrogen) atoms. The zero-order valence-electron chi connectivity index (χ0n) is 8.33. The lowest BCUT2D eigenvalue weighted by molar-refractivity contribution is 0.499. The molecule has 76 valence electrons. The minimum atomic E-state index is -0.159. The molecule has 1 aliphatic heterocycles. The van der Waals surface area contributed by atoms with Gasteiger partial charge in [-0.25, -0.2) is 4.39 Å². The van der Waals surface area contributed by atoms with E-state index in [1.807, 2.05) is 6.07 Å². The lowest BCUT2D eigenvalue weighted by Crippen LogP contribution is -2.49. The summed E-state index contributed by atoms with van der Waals surface area (Å²) in [5.74, 6) is -0.159. The van der Waals surface area contributed by atoms with Crippen molar-refractivity contribution in [3.63, 3.8) is 0 Å². The van der Waals surface area contributed by atoms with Crippen LogP contribution >= 0.6 is 0 Å². The molecule has 0 spiro atoms. The smallest absolute Gasteiger partial charge is 0.125 e. The number of anilines is 1. The summed E-state index contributed by atoms with van der Waals surface area (Å²) in [6.07, 6.45) is 0. The summed E-state index contributed by atoms with van der Waals surface area (Å²) in [5.41, 5.74) is 0.985. The molecule has 0 saturated carbocycles. The summed E-state index contributed by atoms with van der Waals surface area (Å²) in [7, 11) is 0. The van der Waals surface area contributed by atoms with E-state index in [0.29, 0.717) is 6.04 Å². The predicted molar refractivity (Wildman–Crippen MR) is 56.1 cm³/mol. The summed E-state index contributed by atoms with van der Waals surface area (Å²) < 4.78 is 13.0. The number of nitrogens with one attached hydrogen (secondary N) is 1. The van der Waals surface area contributed by atoms with Crippen molar-refractivity contribution in [3.05, 3.63) is 30.1 Å². The molecule has 0 radical (unpaired) electrons. The molecular formula is C11H15FN2. The number of hydrogen-bond donors (Lipinski definition) is 1. The molecule has 1 atom stereocenters. The minimum Gasteiger partial charge on any atom is -0.366 e. The molecule has 1 heterocycles. The van der Waals surface area contributed by atoms with Gasteiger partial charge in [0.15, 0.2) is 0 Å². The summed E-state index contributed by atoms with van der Waals surface area (Å²) in [6, 6.07) is 7.24. The predicted octanol–water partition coefficient (Wildman–Crippen LogP) is 1.62. The van der Waals surface area contributed by atoms with Gasteiger partial charge in [0.25, 0.3) is 0 Å². The monoisotopic (exact) mass is 194 g/mol. The van der Waals surface area contributed by atoms with Gasteiger partial charge in [-0.3, -0.25) is 0 Å². The molecule has 0 unspecified atom stereocenters. The first-order valence-electron chi connectivity index (χ1n) is 5.00. The summed E-state index contributed by atoms with van der Waals surface area (Å²) in [4.78, 5) is 2.24. The molecular weight excluding hydrogens is 179 g/mol. The zero-order chi connectivity index (χ0) is 9.97. The second-order valence-electron chi connectivity index (χ2n) is 3.73. The van der Waals surface area contributed by atoms with Crippen molar-refractivity contribution in [2.45, 2.75) is 13.0 Å². The molecule has 1 saturated heterocycles. The molecule has 2 rings (SSSR count). The lowest BCUT2D eigenvalue weighted by atomic mass is 10.2. The van der Waals surface area contributed by atoms with Crippen LogP contribution in [0.2, 0.25) is 0 Å². The average molecular weight is 194 g/mol. The molecule has 0 aromatic heterocycles. The molecule has 0 bridgehead atoms. The highest BCUT2D eigenvalue weighted by molar-refractivity contribution is 5.47. The van der Waals surface area contributed by atoms with Gasteiger partial charge in [0.05, 0.1) is 0 Å². The van der Waals surface area contributed by atoms with Crippen LogP contribution in [-0.2, 0) is 0 Å². The third-order valence-corrected chi connectivity index (χ3v) is 2.64. The molecule has 1 aromatic carbocycles. The van der Waals surface area contributed by atoms with Gasteiger partial charge in [-0.2, -0.15) is 0 Å². The maximum absolute atomic E-state index is 13.0. The Morgan fingerprint density at radius 3 is 3.07 bits per heavy atom. The number of rotatable bonds is 1. The van der Waals surface area contributed by atoms with Gasteiger partial charge in [-0.15, -0.1) is 0 Å². The normalized spacial score (nSPS) is 22.4. The molecule has 0 amide bonds. The number of piperazine rings is 1. The largest absolute Gasteiger partial charge is 0.366 e. The van der Waals surface area contributed by atoms with Gasteiger partial charge in [0.2, 0.25) is 0 Å². The Morgan fingerprint density at radius 2 is 2.36 bits per heavy atom. The third kappa shape index (κ3) is 1.87. The quantitative estimate of drug-likeness (QED) is 0.731. The molecule has 3 heteroatoms. The van der Waals surface area contributed by atoms with Crippen molar-refractivity contribution in [1.82, 2.24) is 5.32 Å². The van der Waals surface area contributed by atoms with Gasteiger partial charge < -0.3 is 10.2 Å². The fraction of sp³-hybridized carbons (Fsp3) is 0.455. The van der Waals surface area contributed by atoms with Crippen molar-refractivity contribution in [2.24, 2.45) is 0 Å². The maximum Gasteiger partial charge on any atom is 0.125 e. The average Bonchev–Trinajstić information content (AvgIpc) is 2.18. The molecule has 1 aromatic rings. The number of benzene rings is 1. The lowest BCUT2D eigenvalue weighted by Gasteiger charge is -2.35. The van der Waals surface area contributed by atoms with Gasteiger partial charge in [-0.05, 0) is 25.1 Å². The SMILES string of the molecule is C[C@H]1CNCCN1c1cccc(F)c1. The fourth-order valence-electron chi connectivity index (χ4n) is 1.88. The topological polar surface area (TPSA) is 15.3 Å². The van der Waals surface area contributed by atoms with Crippen LogP contribution in [0.25, 0.3) is 0 Å². The number of hydrogen-bond acceptors (Lipinski definition) is 2. The first kappa shape index (κ1) is 9.46. The first-order valence-corrected chi connectivity index (χ1v) is 5.00. The summed E-state index contributed by atoms with van der Waals surface area (Å²) >= 11 is 0. The maximum atomic E-state index is 13.0. The van der Waals surface area contributed by atoms with Crippen LogP contribution in [0.15, 0.2) is 24.3 Å². The van der Waals surface area contributed by atoms with Gasteiger partial charge in [-0.1, -0.05) is 6.07 Å². The Balaban J connectivity index is 2.20. The van der Waals surface area contributed by atoms with E-state index in [2.05, 4.69) is 17.1 Å². The van der Waals surface area contributed by atoms with Crippen LogP contribution in [0.1, 0.15) is 6.92 Å². The highest BCUT2D eigenvalue weighted by Crippen LogP contribution is 2.18. The highest BCUT2D eigenvalue weighted by atomic mass is 19.1. The van der Waals surface area contributed by atoms with E-state index in [0.717, 1.165) is 25.3 Å². The Labute approximate surface area is 83.7 Å². The molecule has 1 aliphatic rings. The van der Waals surface area contributed by atoms with E-state index in [9.17, 15) is 4.39 Å². The van der Waals surface area contributed by atoms with Crippen LogP contribution < -0.4 is 10.2 Å². The summed E-state index contributed by atoms with van der Waals surface area (Å²) in [6.45, 7) is 5.04. The van der Waals surface area contributed by atoms with E-state index in [4.69, 9.17) is 0 Å². The van der Waals surface area contributed by atoms with Crippen LogP contribution in [-0.4, -0.2) is 25.7 Å². The van der Waals surface area contributed by atoms with Crippen LogP contribution in [0.5, 0.6) is 0 Å². The molecule has 1 fully saturated rings. The Bertz CT molecular complexity index is 314. The Hall–Kier alpha value is -1.09. The zero-order valence-corrected chi connectivity index (χ0v) is 8.33. The second-order valence-corrected chi connectivity index (χ2v) is 3.73. The Morgan fingerprint density at radius 1 is 1.50 bits per heavy atom. The van der Waals surface area contributed by atoms with E-state index in [-0.39, 0.29) is 5.82 Å². The van der Waals surface area contributed by atoms with Gasteiger partial charge >= 0.3 is 0 Å². The number of halogens is 1. The third-order valence-electron chi connectivity index (χ3n) is 2.64. The van der Waals surface area contributed by atoms with Gasteiger partial charge in [0, 0.05) is 31.4 Å². The van der Waals surface area contributed by atoms with Gasteiger partial charge in [0.1, 0.15) is 5.82 Å². The second kappa shape index (κ2) is 3.96. The van der Waals surface area contributed by atoms with Crippen LogP contribution in [0.4, 0.5) is 10.1 Å². The molecule has 2 nitrogen and oxygen atoms in total. The fourth-order valence-corrected chi connectivity index (χ4v) is 1.88. The van der Waals surface area contributed by atoms with E-state index in [1.165, 1.54) is 6.07 Å². The molecule has 0 aliphatic carbocycles. The van der Waals surface area contributed by atoms with Crippen molar-refractivity contribution >= 4 is 5.69 Å². The first-order chi connectivity index (χ1) is 6.77. The van der Waals surface area contributed by atoms with E-state index < -0.39 is 0 Å². The molecule has 1 N–H and O–H groups in total. The highest BCUT2D eigenvalue weighted by Gasteiger charge is 2.17. The van der Waals surface area contributed by atoms with Crippen molar-refractivity contribution in [3.8, 4) is 0 Å². The Kier molecular flexibility index (Phi) is 2.68. The van der Waals surface area contributed by atoms with Crippen molar-refractivity contribution in [2.75, 3.05) is 24.5 Å². The standard InChI is InChI=1S/C11H15FN2/c1-9-8-13-5-6-14(9)11-4-2-3-10(12)7-11/h2-4,7,9,13H,5-6,8H2,1H3/t9-/m0/s1. The summed E-state index contributed by atoms with van der Waals surface area (Å²) in [5, 5.41) is 3.31. The van der Waals surface area contributed by atoms with E-state index in [1.54, 1.807) is 12.1 Å².